The Morgan fingerprint density at radius 3 is 2.66 bits per heavy atom. The third-order valence-corrected chi connectivity index (χ3v) is 5.32. The number of anilines is 1. The van der Waals surface area contributed by atoms with E-state index in [0.29, 0.717) is 16.1 Å². The lowest BCUT2D eigenvalue weighted by Crippen LogP contribution is -2.20. The first-order chi connectivity index (χ1) is 13.9. The third-order valence-electron chi connectivity index (χ3n) is 4.89. The first kappa shape index (κ1) is 20.9. The van der Waals surface area contributed by atoms with E-state index in [1.807, 2.05) is 6.92 Å². The number of nitrogens with one attached hydrogen (secondary N) is 1. The summed E-state index contributed by atoms with van der Waals surface area (Å²) in [7, 11) is 0. The molecule has 152 valence electrons. The predicted octanol–water partition coefficient (Wildman–Crippen LogP) is 5.84. The lowest BCUT2D eigenvalue weighted by atomic mass is 10.0. The fourth-order valence-electron chi connectivity index (χ4n) is 3.23. The van der Waals surface area contributed by atoms with Crippen LogP contribution in [0.25, 0.3) is 11.0 Å². The van der Waals surface area contributed by atoms with E-state index in [1.54, 1.807) is 24.3 Å². The number of halogens is 1. The number of carbonyl (C=O) groups is 1. The molecule has 3 aromatic rings. The van der Waals surface area contributed by atoms with Gasteiger partial charge in [-0.2, -0.15) is 0 Å². The smallest absolute Gasteiger partial charge is 0.349 e. The highest BCUT2D eigenvalue weighted by atomic mass is 35.5. The van der Waals surface area contributed by atoms with Crippen molar-refractivity contribution in [3.63, 3.8) is 0 Å². The quantitative estimate of drug-likeness (QED) is 0.377. The second-order valence-corrected chi connectivity index (χ2v) is 7.60. The first-order valence-electron chi connectivity index (χ1n) is 9.76. The van der Waals surface area contributed by atoms with Crippen LogP contribution < -0.4 is 10.9 Å². The van der Waals surface area contributed by atoms with E-state index in [2.05, 4.69) is 12.2 Å². The van der Waals surface area contributed by atoms with Gasteiger partial charge in [-0.1, -0.05) is 37.8 Å². The number of unbranched alkanes of at least 4 members (excludes halogenated alkanes) is 3. The molecule has 0 fully saturated rings. The number of amides is 1. The summed E-state index contributed by atoms with van der Waals surface area (Å²) in [5.74, 6) is -0.453. The van der Waals surface area contributed by atoms with Crippen molar-refractivity contribution in [1.29, 1.82) is 0 Å². The number of hydrogen-bond acceptors (Lipinski definition) is 4. The van der Waals surface area contributed by atoms with Crippen molar-refractivity contribution in [3.8, 4) is 5.75 Å². The standard InChI is InChI=1S/C23H24ClNO4/c1-3-4-5-6-7-15-11-16-12-18(23(28)29-21(16)13-20(15)26)22(27)25-17-8-9-19(24)14(2)10-17/h8-13,26H,3-7H2,1-2H3,(H,25,27). The molecule has 0 atom stereocenters. The molecule has 0 spiro atoms. The number of rotatable bonds is 7. The minimum absolute atomic E-state index is 0.0901. The van der Waals surface area contributed by atoms with E-state index in [-0.39, 0.29) is 16.9 Å². The number of aryl methyl sites for hydroxylation is 2. The number of carbonyl (C=O) groups excluding carboxylic acids is 1. The molecule has 2 N–H and O–H groups in total. The summed E-state index contributed by atoms with van der Waals surface area (Å²) >= 11 is 6.01. The van der Waals surface area contributed by atoms with E-state index >= 15 is 0 Å². The van der Waals surface area contributed by atoms with Gasteiger partial charge in [-0.05, 0) is 61.2 Å². The number of aromatic hydroxyl groups is 1. The molecule has 0 aliphatic rings. The van der Waals surface area contributed by atoms with Crippen LogP contribution in [0.1, 0.15) is 54.1 Å². The number of benzene rings is 2. The molecule has 29 heavy (non-hydrogen) atoms. The highest BCUT2D eigenvalue weighted by molar-refractivity contribution is 6.31. The molecular weight excluding hydrogens is 390 g/mol. The Bertz CT molecular complexity index is 1100. The van der Waals surface area contributed by atoms with Crippen molar-refractivity contribution in [2.45, 2.75) is 46.0 Å². The molecule has 1 aromatic heterocycles. The normalized spacial score (nSPS) is 11.0. The Morgan fingerprint density at radius 2 is 1.93 bits per heavy atom. The fraction of sp³-hybridized carbons (Fsp3) is 0.304. The van der Waals surface area contributed by atoms with Gasteiger partial charge < -0.3 is 14.8 Å². The SMILES string of the molecule is CCCCCCc1cc2cc(C(=O)Nc3ccc(Cl)c(C)c3)c(=O)oc2cc1O. The summed E-state index contributed by atoms with van der Waals surface area (Å²) in [6, 6.07) is 9.81. The number of phenols is 1. The zero-order valence-electron chi connectivity index (χ0n) is 16.5. The molecule has 3 rings (SSSR count). The van der Waals surface area contributed by atoms with Gasteiger partial charge >= 0.3 is 5.63 Å². The van der Waals surface area contributed by atoms with Crippen LogP contribution in [-0.4, -0.2) is 11.0 Å². The highest BCUT2D eigenvalue weighted by Crippen LogP contribution is 2.27. The van der Waals surface area contributed by atoms with Crippen molar-refractivity contribution >= 4 is 34.2 Å². The summed E-state index contributed by atoms with van der Waals surface area (Å²) in [5.41, 5.74) is 1.55. The molecule has 1 heterocycles. The van der Waals surface area contributed by atoms with Crippen molar-refractivity contribution < 1.29 is 14.3 Å². The Kier molecular flexibility index (Phi) is 6.60. The molecule has 0 unspecified atom stereocenters. The average Bonchev–Trinajstić information content (AvgIpc) is 2.68. The molecule has 0 radical (unpaired) electrons. The van der Waals surface area contributed by atoms with E-state index < -0.39 is 11.5 Å². The summed E-state index contributed by atoms with van der Waals surface area (Å²) in [6.45, 7) is 3.98. The van der Waals surface area contributed by atoms with Gasteiger partial charge in [-0.3, -0.25) is 4.79 Å². The monoisotopic (exact) mass is 413 g/mol. The van der Waals surface area contributed by atoms with E-state index in [1.165, 1.54) is 12.1 Å². The molecule has 5 nitrogen and oxygen atoms in total. The zero-order valence-corrected chi connectivity index (χ0v) is 17.3. The highest BCUT2D eigenvalue weighted by Gasteiger charge is 2.16. The van der Waals surface area contributed by atoms with Crippen LogP contribution in [0.2, 0.25) is 5.02 Å². The molecule has 1 amide bonds. The second kappa shape index (κ2) is 9.14. The lowest BCUT2D eigenvalue weighted by Gasteiger charge is -2.09. The van der Waals surface area contributed by atoms with Gasteiger partial charge in [0.25, 0.3) is 5.91 Å². The Hall–Kier alpha value is -2.79. The molecule has 0 bridgehead atoms. The molecule has 0 aliphatic carbocycles. The molecule has 0 saturated carbocycles. The molecule has 0 aliphatic heterocycles. The summed E-state index contributed by atoms with van der Waals surface area (Å²) in [5, 5.41) is 14.1. The van der Waals surface area contributed by atoms with Crippen LogP contribution in [0.3, 0.4) is 0 Å². The molecule has 0 saturated heterocycles. The van der Waals surface area contributed by atoms with Crippen LogP contribution in [0.4, 0.5) is 5.69 Å². The van der Waals surface area contributed by atoms with Crippen molar-refractivity contribution in [2.75, 3.05) is 5.32 Å². The van der Waals surface area contributed by atoms with Crippen LogP contribution in [0.15, 0.2) is 45.6 Å². The van der Waals surface area contributed by atoms with E-state index in [0.717, 1.165) is 43.2 Å². The van der Waals surface area contributed by atoms with Gasteiger partial charge in [-0.25, -0.2) is 4.79 Å². The maximum absolute atomic E-state index is 12.6. The largest absolute Gasteiger partial charge is 0.508 e. The minimum Gasteiger partial charge on any atom is -0.508 e. The van der Waals surface area contributed by atoms with Crippen LogP contribution in [-0.2, 0) is 6.42 Å². The van der Waals surface area contributed by atoms with Gasteiger partial charge in [-0.15, -0.1) is 0 Å². The molecule has 2 aromatic carbocycles. The number of fused-ring (bicyclic) bond motifs is 1. The second-order valence-electron chi connectivity index (χ2n) is 7.20. The third kappa shape index (κ3) is 4.98. The summed E-state index contributed by atoms with van der Waals surface area (Å²) in [6.07, 6.45) is 5.07. The predicted molar refractivity (Wildman–Crippen MR) is 116 cm³/mol. The maximum atomic E-state index is 12.6. The zero-order chi connectivity index (χ0) is 21.0. The van der Waals surface area contributed by atoms with Crippen molar-refractivity contribution in [2.24, 2.45) is 0 Å². The molecule has 6 heteroatoms. The van der Waals surface area contributed by atoms with Crippen LogP contribution in [0, 0.1) is 6.92 Å². The molecular formula is C23H24ClNO4. The minimum atomic E-state index is -0.754. The maximum Gasteiger partial charge on any atom is 0.349 e. The van der Waals surface area contributed by atoms with E-state index in [9.17, 15) is 14.7 Å². The first-order valence-corrected chi connectivity index (χ1v) is 10.1. The van der Waals surface area contributed by atoms with Gasteiger partial charge in [0.2, 0.25) is 0 Å². The van der Waals surface area contributed by atoms with Gasteiger partial charge in [0.05, 0.1) is 0 Å². The lowest BCUT2D eigenvalue weighted by molar-refractivity contribution is 0.102. The Labute approximate surface area is 174 Å². The van der Waals surface area contributed by atoms with Gasteiger partial charge in [0.1, 0.15) is 16.9 Å². The average molecular weight is 414 g/mol. The topological polar surface area (TPSA) is 79.5 Å². The van der Waals surface area contributed by atoms with Gasteiger partial charge in [0.15, 0.2) is 0 Å². The van der Waals surface area contributed by atoms with Crippen molar-refractivity contribution in [3.05, 3.63) is 68.5 Å². The van der Waals surface area contributed by atoms with E-state index in [4.69, 9.17) is 16.0 Å². The number of hydrogen-bond donors (Lipinski definition) is 2. The summed E-state index contributed by atoms with van der Waals surface area (Å²) in [4.78, 5) is 24.9. The summed E-state index contributed by atoms with van der Waals surface area (Å²) < 4.78 is 5.28. The fourth-order valence-corrected chi connectivity index (χ4v) is 3.34. The van der Waals surface area contributed by atoms with Crippen molar-refractivity contribution in [1.82, 2.24) is 0 Å². The Morgan fingerprint density at radius 1 is 1.14 bits per heavy atom. The van der Waals surface area contributed by atoms with Crippen LogP contribution >= 0.6 is 11.6 Å². The van der Waals surface area contributed by atoms with Crippen LogP contribution in [0.5, 0.6) is 5.75 Å². The number of phenolic OH excluding ortho intramolecular Hbond substituents is 1. The Balaban J connectivity index is 1.88. The van der Waals surface area contributed by atoms with Gasteiger partial charge in [0, 0.05) is 22.2 Å².